The molecule has 0 saturated carbocycles. The Kier molecular flexibility index (Phi) is 4.02. The highest BCUT2D eigenvalue weighted by atomic mass is 16.3. The molecule has 1 rings (SSSR count). The van der Waals surface area contributed by atoms with Crippen LogP contribution in [-0.2, 0) is 0 Å². The molecular weight excluding hydrogens is 150 g/mol. The summed E-state index contributed by atoms with van der Waals surface area (Å²) in [6, 6.07) is 0. The summed E-state index contributed by atoms with van der Waals surface area (Å²) in [7, 11) is 0. The van der Waals surface area contributed by atoms with E-state index in [9.17, 15) is 0 Å². The van der Waals surface area contributed by atoms with Crippen LogP contribution in [0.1, 0.15) is 33.1 Å². The summed E-state index contributed by atoms with van der Waals surface area (Å²) < 4.78 is 0. The quantitative estimate of drug-likeness (QED) is 0.692. The van der Waals surface area contributed by atoms with Gasteiger partial charge in [0.1, 0.15) is 0 Å². The molecule has 1 aliphatic heterocycles. The minimum atomic E-state index is -0.134. The Morgan fingerprint density at radius 2 is 2.33 bits per heavy atom. The molecule has 1 aliphatic rings. The van der Waals surface area contributed by atoms with Crippen molar-refractivity contribution in [3.05, 3.63) is 0 Å². The summed E-state index contributed by atoms with van der Waals surface area (Å²) in [5, 5.41) is 9.11. The van der Waals surface area contributed by atoms with Crippen molar-refractivity contribution < 1.29 is 5.11 Å². The van der Waals surface area contributed by atoms with Crippen LogP contribution in [-0.4, -0.2) is 35.7 Å². The number of aliphatic hydroxyl groups is 1. The highest BCUT2D eigenvalue weighted by Crippen LogP contribution is 2.18. The molecule has 0 bridgehead atoms. The third-order valence-electron chi connectivity index (χ3n) is 2.81. The van der Waals surface area contributed by atoms with Gasteiger partial charge in [0.05, 0.1) is 6.10 Å². The maximum absolute atomic E-state index is 9.11. The topological polar surface area (TPSA) is 23.5 Å². The van der Waals surface area contributed by atoms with Gasteiger partial charge in [0, 0.05) is 13.1 Å². The van der Waals surface area contributed by atoms with Crippen LogP contribution < -0.4 is 0 Å². The molecule has 1 heterocycles. The first-order valence-electron chi connectivity index (χ1n) is 5.12. The molecule has 1 N–H and O–H groups in total. The number of hydrogen-bond acceptors (Lipinski definition) is 2. The lowest BCUT2D eigenvalue weighted by Crippen LogP contribution is -2.24. The summed E-state index contributed by atoms with van der Waals surface area (Å²) in [5.74, 6) is 0.916. The lowest BCUT2D eigenvalue weighted by molar-refractivity contribution is 0.163. The molecular formula is C10H21NO. The fraction of sp³-hybridized carbons (Fsp3) is 1.00. The van der Waals surface area contributed by atoms with Gasteiger partial charge in [-0.25, -0.2) is 0 Å². The zero-order chi connectivity index (χ0) is 8.97. The maximum atomic E-state index is 9.11. The molecule has 2 nitrogen and oxygen atoms in total. The van der Waals surface area contributed by atoms with Crippen LogP contribution >= 0.6 is 0 Å². The van der Waals surface area contributed by atoms with Gasteiger partial charge in [-0.15, -0.1) is 0 Å². The van der Waals surface area contributed by atoms with E-state index in [1.807, 2.05) is 6.92 Å². The van der Waals surface area contributed by atoms with Crippen molar-refractivity contribution in [1.82, 2.24) is 4.90 Å². The van der Waals surface area contributed by atoms with Gasteiger partial charge in [0.25, 0.3) is 0 Å². The van der Waals surface area contributed by atoms with Crippen molar-refractivity contribution in [2.24, 2.45) is 5.92 Å². The van der Waals surface area contributed by atoms with Crippen molar-refractivity contribution in [2.45, 2.75) is 39.2 Å². The maximum Gasteiger partial charge on any atom is 0.0524 e. The van der Waals surface area contributed by atoms with Gasteiger partial charge >= 0.3 is 0 Å². The van der Waals surface area contributed by atoms with Crippen molar-refractivity contribution in [1.29, 1.82) is 0 Å². The van der Waals surface area contributed by atoms with Gasteiger partial charge in [0.2, 0.25) is 0 Å². The summed E-state index contributed by atoms with van der Waals surface area (Å²) in [5.41, 5.74) is 0. The number of nitrogens with zero attached hydrogens (tertiary/aromatic N) is 1. The third-order valence-corrected chi connectivity index (χ3v) is 2.81. The minimum Gasteiger partial charge on any atom is -0.393 e. The molecule has 0 aromatic carbocycles. The molecule has 0 aromatic heterocycles. The Bertz CT molecular complexity index is 125. The van der Waals surface area contributed by atoms with Crippen LogP contribution in [0.3, 0.4) is 0 Å². The van der Waals surface area contributed by atoms with Crippen LogP contribution in [0.5, 0.6) is 0 Å². The molecule has 2 heteroatoms. The summed E-state index contributed by atoms with van der Waals surface area (Å²) >= 11 is 0. The lowest BCUT2D eigenvalue weighted by atomic mass is 10.1. The van der Waals surface area contributed by atoms with Crippen LogP contribution in [0.15, 0.2) is 0 Å². The lowest BCUT2D eigenvalue weighted by Gasteiger charge is -2.16. The Hall–Kier alpha value is -0.0800. The van der Waals surface area contributed by atoms with Crippen molar-refractivity contribution in [3.63, 3.8) is 0 Å². The zero-order valence-corrected chi connectivity index (χ0v) is 8.29. The number of aliphatic hydroxyl groups excluding tert-OH is 1. The fourth-order valence-electron chi connectivity index (χ4n) is 1.82. The molecule has 2 unspecified atom stereocenters. The van der Waals surface area contributed by atoms with Gasteiger partial charge in [-0.05, 0) is 32.2 Å². The predicted molar refractivity (Wildman–Crippen MR) is 51.1 cm³/mol. The molecule has 2 atom stereocenters. The van der Waals surface area contributed by atoms with E-state index in [-0.39, 0.29) is 6.10 Å². The van der Waals surface area contributed by atoms with E-state index < -0.39 is 0 Å². The Labute approximate surface area is 75.6 Å². The first kappa shape index (κ1) is 10.0. The fourth-order valence-corrected chi connectivity index (χ4v) is 1.82. The van der Waals surface area contributed by atoms with Gasteiger partial charge < -0.3 is 10.0 Å². The first-order chi connectivity index (χ1) is 5.72. The summed E-state index contributed by atoms with van der Waals surface area (Å²) in [6.07, 6.45) is 3.46. The van der Waals surface area contributed by atoms with Crippen molar-refractivity contribution in [3.8, 4) is 0 Å². The first-order valence-corrected chi connectivity index (χ1v) is 5.12. The van der Waals surface area contributed by atoms with Crippen LogP contribution in [0, 0.1) is 5.92 Å². The van der Waals surface area contributed by atoms with E-state index in [1.54, 1.807) is 0 Å². The van der Waals surface area contributed by atoms with Crippen LogP contribution in [0.4, 0.5) is 0 Å². The molecule has 12 heavy (non-hydrogen) atoms. The highest BCUT2D eigenvalue weighted by Gasteiger charge is 2.20. The third kappa shape index (κ3) is 3.11. The van der Waals surface area contributed by atoms with Gasteiger partial charge in [-0.1, -0.05) is 13.3 Å². The van der Waals surface area contributed by atoms with Crippen molar-refractivity contribution >= 4 is 0 Å². The normalized spacial score (nSPS) is 27.8. The molecule has 0 spiro atoms. The smallest absolute Gasteiger partial charge is 0.0524 e. The van der Waals surface area contributed by atoms with Gasteiger partial charge in [0.15, 0.2) is 0 Å². The molecule has 0 amide bonds. The number of rotatable bonds is 4. The van der Waals surface area contributed by atoms with E-state index in [0.717, 1.165) is 18.9 Å². The number of hydrogen-bond donors (Lipinski definition) is 1. The SMILES string of the molecule is CCC1CCN(CCC(C)O)C1. The Morgan fingerprint density at radius 3 is 2.83 bits per heavy atom. The van der Waals surface area contributed by atoms with Gasteiger partial charge in [-0.3, -0.25) is 0 Å². The van der Waals surface area contributed by atoms with Crippen LogP contribution in [0.25, 0.3) is 0 Å². The monoisotopic (exact) mass is 171 g/mol. The Morgan fingerprint density at radius 1 is 1.58 bits per heavy atom. The van der Waals surface area contributed by atoms with Crippen molar-refractivity contribution in [2.75, 3.05) is 19.6 Å². The molecule has 0 radical (unpaired) electrons. The van der Waals surface area contributed by atoms with E-state index >= 15 is 0 Å². The second kappa shape index (κ2) is 4.83. The Balaban J connectivity index is 2.11. The average Bonchev–Trinajstić information content (AvgIpc) is 2.48. The second-order valence-corrected chi connectivity index (χ2v) is 4.00. The molecule has 1 saturated heterocycles. The average molecular weight is 171 g/mol. The van der Waals surface area contributed by atoms with E-state index in [1.165, 1.54) is 25.9 Å². The molecule has 1 fully saturated rings. The predicted octanol–water partition coefficient (Wildman–Crippen LogP) is 1.49. The standard InChI is InChI=1S/C10H21NO/c1-3-10-5-7-11(8-10)6-4-9(2)12/h9-10,12H,3-8H2,1-2H3. The number of likely N-dealkylation sites (tertiary alicyclic amines) is 1. The van der Waals surface area contributed by atoms with Gasteiger partial charge in [-0.2, -0.15) is 0 Å². The van der Waals surface area contributed by atoms with Crippen LogP contribution in [0.2, 0.25) is 0 Å². The molecule has 72 valence electrons. The zero-order valence-electron chi connectivity index (χ0n) is 8.29. The van der Waals surface area contributed by atoms with E-state index in [2.05, 4.69) is 11.8 Å². The molecule has 0 aromatic rings. The summed E-state index contributed by atoms with van der Waals surface area (Å²) in [6.45, 7) is 7.71. The van der Waals surface area contributed by atoms with E-state index in [4.69, 9.17) is 5.11 Å². The second-order valence-electron chi connectivity index (χ2n) is 4.00. The minimum absolute atomic E-state index is 0.134. The summed E-state index contributed by atoms with van der Waals surface area (Å²) in [4.78, 5) is 2.47. The highest BCUT2D eigenvalue weighted by molar-refractivity contribution is 4.74. The largest absolute Gasteiger partial charge is 0.393 e. The molecule has 0 aliphatic carbocycles. The van der Waals surface area contributed by atoms with E-state index in [0.29, 0.717) is 0 Å².